The van der Waals surface area contributed by atoms with Crippen molar-refractivity contribution in [3.63, 3.8) is 0 Å². The molecular weight excluding hydrogens is 417 g/mol. The molecule has 2 aromatic rings. The van der Waals surface area contributed by atoms with Gasteiger partial charge in [-0.15, -0.1) is 0 Å². The molecule has 0 unspecified atom stereocenters. The molecule has 1 N–H and O–H groups in total. The van der Waals surface area contributed by atoms with Crippen LogP contribution in [0.5, 0.6) is 5.75 Å². The summed E-state index contributed by atoms with van der Waals surface area (Å²) in [7, 11) is 1.35. The van der Waals surface area contributed by atoms with Crippen LogP contribution in [-0.4, -0.2) is 26.2 Å². The lowest BCUT2D eigenvalue weighted by Crippen LogP contribution is -2.15. The second-order valence-electron chi connectivity index (χ2n) is 4.99. The first-order valence-corrected chi connectivity index (χ1v) is 8.68. The first-order chi connectivity index (χ1) is 11.4. The third-order valence-electron chi connectivity index (χ3n) is 3.22. The molecule has 0 aromatic heterocycles. The Morgan fingerprint density at radius 3 is 2.75 bits per heavy atom. The van der Waals surface area contributed by atoms with Crippen molar-refractivity contribution in [2.45, 2.75) is 6.92 Å². The quantitative estimate of drug-likeness (QED) is 0.494. The van der Waals surface area contributed by atoms with E-state index in [9.17, 15) is 4.79 Å². The van der Waals surface area contributed by atoms with Crippen LogP contribution in [0.4, 0.5) is 5.69 Å². The molecular formula is C17H16BrCl2NO3. The van der Waals surface area contributed by atoms with Crippen LogP contribution in [0.15, 0.2) is 34.8 Å². The molecule has 0 amide bonds. The molecule has 0 atom stereocenters. The summed E-state index contributed by atoms with van der Waals surface area (Å²) in [4.78, 5) is 11.9. The minimum absolute atomic E-state index is 0.348. The zero-order valence-electron chi connectivity index (χ0n) is 13.2. The predicted molar refractivity (Wildman–Crippen MR) is 101 cm³/mol. The van der Waals surface area contributed by atoms with Crippen LogP contribution in [0.3, 0.4) is 0 Å². The Kier molecular flexibility index (Phi) is 6.78. The molecule has 0 aliphatic rings. The summed E-state index contributed by atoms with van der Waals surface area (Å²) in [5, 5.41) is 4.00. The van der Waals surface area contributed by atoms with Crippen LogP contribution in [0.2, 0.25) is 10.0 Å². The number of carbonyl (C=O) groups is 1. The number of anilines is 1. The van der Waals surface area contributed by atoms with Crippen molar-refractivity contribution < 1.29 is 14.3 Å². The Balaban J connectivity index is 2.04. The molecule has 0 heterocycles. The third-order valence-corrected chi connectivity index (χ3v) is 4.64. The molecule has 0 bridgehead atoms. The van der Waals surface area contributed by atoms with E-state index in [4.69, 9.17) is 32.7 Å². The number of halogens is 3. The van der Waals surface area contributed by atoms with E-state index in [1.807, 2.05) is 13.0 Å². The summed E-state index contributed by atoms with van der Waals surface area (Å²) >= 11 is 15.5. The van der Waals surface area contributed by atoms with Crippen molar-refractivity contribution in [3.05, 3.63) is 56.0 Å². The fraction of sp³-hybridized carbons (Fsp3) is 0.235. The minimum Gasteiger partial charge on any atom is -0.490 e. The van der Waals surface area contributed by atoms with E-state index in [-0.39, 0.29) is 0 Å². The summed E-state index contributed by atoms with van der Waals surface area (Å²) in [5.74, 6) is 0.114. The lowest BCUT2D eigenvalue weighted by atomic mass is 10.1. The van der Waals surface area contributed by atoms with Gasteiger partial charge in [0.15, 0.2) is 0 Å². The number of nitrogens with one attached hydrogen (secondary N) is 1. The van der Waals surface area contributed by atoms with Gasteiger partial charge in [-0.2, -0.15) is 0 Å². The van der Waals surface area contributed by atoms with E-state index < -0.39 is 5.97 Å². The van der Waals surface area contributed by atoms with Gasteiger partial charge in [0.1, 0.15) is 17.4 Å². The zero-order chi connectivity index (χ0) is 17.7. The molecule has 2 rings (SSSR count). The van der Waals surface area contributed by atoms with Crippen LogP contribution in [0.1, 0.15) is 15.9 Å². The van der Waals surface area contributed by atoms with Crippen molar-refractivity contribution in [2.24, 2.45) is 0 Å². The van der Waals surface area contributed by atoms with E-state index in [1.54, 1.807) is 24.3 Å². The average molecular weight is 433 g/mol. The lowest BCUT2D eigenvalue weighted by Gasteiger charge is -2.15. The topological polar surface area (TPSA) is 47.6 Å². The fourth-order valence-corrected chi connectivity index (χ4v) is 3.19. The zero-order valence-corrected chi connectivity index (χ0v) is 16.3. The highest BCUT2D eigenvalue weighted by Crippen LogP contribution is 2.32. The van der Waals surface area contributed by atoms with Crippen molar-refractivity contribution >= 4 is 50.8 Å². The van der Waals surface area contributed by atoms with E-state index >= 15 is 0 Å². The van der Waals surface area contributed by atoms with Crippen LogP contribution < -0.4 is 10.1 Å². The van der Waals surface area contributed by atoms with Crippen molar-refractivity contribution in [1.29, 1.82) is 0 Å². The Hall–Kier alpha value is -1.43. The number of carbonyl (C=O) groups excluding carboxylic acids is 1. The second-order valence-corrected chi connectivity index (χ2v) is 6.63. The van der Waals surface area contributed by atoms with E-state index in [0.717, 1.165) is 10.0 Å². The lowest BCUT2D eigenvalue weighted by molar-refractivity contribution is 0.0601. The number of esters is 1. The maximum absolute atomic E-state index is 11.9. The van der Waals surface area contributed by atoms with E-state index in [1.165, 1.54) is 7.11 Å². The average Bonchev–Trinajstić information content (AvgIpc) is 2.55. The largest absolute Gasteiger partial charge is 0.490 e. The number of benzene rings is 2. The number of hydrogen-bond donors (Lipinski definition) is 1. The summed E-state index contributed by atoms with van der Waals surface area (Å²) in [5.41, 5.74) is 2.08. The molecule has 0 fully saturated rings. The summed E-state index contributed by atoms with van der Waals surface area (Å²) in [6.45, 7) is 2.72. The predicted octanol–water partition coefficient (Wildman–Crippen LogP) is 5.34. The SMILES string of the molecule is COC(=O)c1cc(C)cc(Br)c1NCCOc1cccc(Cl)c1Cl. The monoisotopic (exact) mass is 431 g/mol. The molecule has 0 saturated heterocycles. The van der Waals surface area contributed by atoms with Gasteiger partial charge in [0.2, 0.25) is 0 Å². The molecule has 0 spiro atoms. The Bertz CT molecular complexity index is 753. The first kappa shape index (κ1) is 18.9. The van der Waals surface area contributed by atoms with Crippen molar-refractivity contribution in [1.82, 2.24) is 0 Å². The van der Waals surface area contributed by atoms with E-state index in [0.29, 0.717) is 40.2 Å². The Morgan fingerprint density at radius 1 is 1.29 bits per heavy atom. The van der Waals surface area contributed by atoms with Gasteiger partial charge in [-0.25, -0.2) is 4.79 Å². The third kappa shape index (κ3) is 4.56. The van der Waals surface area contributed by atoms with Gasteiger partial charge in [-0.1, -0.05) is 29.3 Å². The normalized spacial score (nSPS) is 10.4. The van der Waals surface area contributed by atoms with Gasteiger partial charge in [-0.3, -0.25) is 0 Å². The molecule has 2 aromatic carbocycles. The molecule has 7 heteroatoms. The highest BCUT2D eigenvalue weighted by atomic mass is 79.9. The summed E-state index contributed by atoms with van der Waals surface area (Å²) in [6.07, 6.45) is 0. The van der Waals surface area contributed by atoms with Gasteiger partial charge in [0.05, 0.1) is 23.4 Å². The molecule has 0 saturated carbocycles. The van der Waals surface area contributed by atoms with Crippen LogP contribution in [0, 0.1) is 6.92 Å². The number of hydrogen-bond acceptors (Lipinski definition) is 4. The van der Waals surface area contributed by atoms with E-state index in [2.05, 4.69) is 21.2 Å². The molecule has 0 aliphatic heterocycles. The molecule has 128 valence electrons. The van der Waals surface area contributed by atoms with Crippen molar-refractivity contribution in [3.8, 4) is 5.75 Å². The Morgan fingerprint density at radius 2 is 2.04 bits per heavy atom. The Labute approximate surface area is 159 Å². The standard InChI is InChI=1S/C17H16BrCl2NO3/c1-10-8-11(17(22)23-2)16(12(18)9-10)21-6-7-24-14-5-3-4-13(19)15(14)20/h3-5,8-9,21H,6-7H2,1-2H3. The van der Waals surface area contributed by atoms with Gasteiger partial charge < -0.3 is 14.8 Å². The highest BCUT2D eigenvalue weighted by Gasteiger charge is 2.15. The molecule has 4 nitrogen and oxygen atoms in total. The molecule has 0 aliphatic carbocycles. The van der Waals surface area contributed by atoms with Crippen LogP contribution >= 0.6 is 39.1 Å². The van der Waals surface area contributed by atoms with Crippen molar-refractivity contribution in [2.75, 3.05) is 25.6 Å². The van der Waals surface area contributed by atoms with Gasteiger partial charge >= 0.3 is 5.97 Å². The fourth-order valence-electron chi connectivity index (χ4n) is 2.13. The number of methoxy groups -OCH3 is 1. The molecule has 0 radical (unpaired) electrons. The summed E-state index contributed by atoms with van der Waals surface area (Å²) < 4.78 is 11.2. The summed E-state index contributed by atoms with van der Waals surface area (Å²) in [6, 6.07) is 8.90. The number of rotatable bonds is 6. The van der Waals surface area contributed by atoms with Gasteiger partial charge in [-0.05, 0) is 52.7 Å². The molecule has 24 heavy (non-hydrogen) atoms. The number of ether oxygens (including phenoxy) is 2. The number of aryl methyl sites for hydroxylation is 1. The van der Waals surface area contributed by atoms with Crippen LogP contribution in [0.25, 0.3) is 0 Å². The smallest absolute Gasteiger partial charge is 0.340 e. The van der Waals surface area contributed by atoms with Crippen LogP contribution in [-0.2, 0) is 4.74 Å². The maximum atomic E-state index is 11.9. The minimum atomic E-state index is -0.402. The highest BCUT2D eigenvalue weighted by molar-refractivity contribution is 9.10. The first-order valence-electron chi connectivity index (χ1n) is 7.13. The maximum Gasteiger partial charge on any atom is 0.340 e. The van der Waals surface area contributed by atoms with Gasteiger partial charge in [0, 0.05) is 11.0 Å². The van der Waals surface area contributed by atoms with Gasteiger partial charge in [0.25, 0.3) is 0 Å². The second kappa shape index (κ2) is 8.60.